The van der Waals surface area contributed by atoms with E-state index in [4.69, 9.17) is 5.21 Å². The van der Waals surface area contributed by atoms with E-state index in [1.165, 1.54) is 17.6 Å². The van der Waals surface area contributed by atoms with Gasteiger partial charge < -0.3 is 10.6 Å². The Kier molecular flexibility index (Phi) is 8.09. The molecule has 0 aliphatic rings. The molecule has 2 aromatic carbocycles. The Morgan fingerprint density at radius 2 is 1.62 bits per heavy atom. The molecule has 0 spiro atoms. The van der Waals surface area contributed by atoms with Crippen LogP contribution in [0.1, 0.15) is 21.5 Å². The van der Waals surface area contributed by atoms with Crippen molar-refractivity contribution in [1.29, 1.82) is 0 Å². The number of hydrogen-bond acceptors (Lipinski definition) is 5. The number of nitro benzene ring substituents is 1. The van der Waals surface area contributed by atoms with Crippen molar-refractivity contribution in [2.45, 2.75) is 0 Å². The molecule has 0 aromatic heterocycles. The molecule has 0 fully saturated rings. The number of nitro groups is 1. The summed E-state index contributed by atoms with van der Waals surface area (Å²) >= 11 is 0. The lowest BCUT2D eigenvalue weighted by molar-refractivity contribution is -0.384. The van der Waals surface area contributed by atoms with E-state index in [1.54, 1.807) is 54.6 Å². The summed E-state index contributed by atoms with van der Waals surface area (Å²) in [6.07, 6.45) is 7.17. The molecule has 2 aromatic rings. The Hall–Kier alpha value is -3.98. The van der Waals surface area contributed by atoms with Gasteiger partial charge in [-0.05, 0) is 23.3 Å². The lowest BCUT2D eigenvalue weighted by Crippen LogP contribution is -2.39. The van der Waals surface area contributed by atoms with Crippen molar-refractivity contribution in [1.82, 2.24) is 16.1 Å². The van der Waals surface area contributed by atoms with E-state index in [1.807, 2.05) is 6.08 Å². The van der Waals surface area contributed by atoms with Gasteiger partial charge in [-0.25, -0.2) is 10.3 Å². The van der Waals surface area contributed by atoms with Gasteiger partial charge in [-0.3, -0.25) is 20.1 Å². The molecule has 2 rings (SSSR count). The molecule has 0 atom stereocenters. The number of rotatable bonds is 8. The van der Waals surface area contributed by atoms with Crippen LogP contribution in [0.2, 0.25) is 0 Å². The molecule has 0 saturated heterocycles. The molecule has 0 saturated carbocycles. The smallest absolute Gasteiger partial charge is 0.338 e. The minimum atomic E-state index is -0.741. The van der Waals surface area contributed by atoms with Crippen molar-refractivity contribution in [3.8, 4) is 0 Å². The van der Waals surface area contributed by atoms with Crippen molar-refractivity contribution in [3.05, 3.63) is 87.5 Å². The van der Waals surface area contributed by atoms with Gasteiger partial charge >= 0.3 is 6.03 Å². The summed E-state index contributed by atoms with van der Waals surface area (Å²) in [6, 6.07) is 12.5. The molecule has 29 heavy (non-hydrogen) atoms. The van der Waals surface area contributed by atoms with Crippen LogP contribution in [0.25, 0.3) is 12.2 Å². The van der Waals surface area contributed by atoms with Gasteiger partial charge in [-0.15, -0.1) is 0 Å². The molecule has 9 heteroatoms. The summed E-state index contributed by atoms with van der Waals surface area (Å²) in [7, 11) is 0. The maximum atomic E-state index is 12.0. The van der Waals surface area contributed by atoms with Crippen molar-refractivity contribution in [2.24, 2.45) is 0 Å². The SMILES string of the molecule is O=C(NO)NCCNC(=O)c1ccc(/C=C/C=C/c2cccc([N+](=O)[O-])c2)cc1. The highest BCUT2D eigenvalue weighted by atomic mass is 16.6. The highest BCUT2D eigenvalue weighted by Gasteiger charge is 2.05. The van der Waals surface area contributed by atoms with Crippen LogP contribution < -0.4 is 16.1 Å². The maximum Gasteiger partial charge on any atom is 0.338 e. The van der Waals surface area contributed by atoms with Crippen LogP contribution in [0.3, 0.4) is 0 Å². The molecule has 0 bridgehead atoms. The highest BCUT2D eigenvalue weighted by Crippen LogP contribution is 2.14. The zero-order valence-corrected chi connectivity index (χ0v) is 15.4. The number of nitrogens with zero attached hydrogens (tertiary/aromatic N) is 1. The second kappa shape index (κ2) is 11.0. The van der Waals surface area contributed by atoms with Gasteiger partial charge in [-0.1, -0.05) is 48.6 Å². The predicted octanol–water partition coefficient (Wildman–Crippen LogP) is 2.74. The molecule has 0 aliphatic heterocycles. The van der Waals surface area contributed by atoms with Gasteiger partial charge in [0, 0.05) is 30.8 Å². The summed E-state index contributed by atoms with van der Waals surface area (Å²) in [6.45, 7) is 0.395. The van der Waals surface area contributed by atoms with E-state index in [2.05, 4.69) is 10.6 Å². The largest absolute Gasteiger partial charge is 0.350 e. The fourth-order valence-corrected chi connectivity index (χ4v) is 2.31. The van der Waals surface area contributed by atoms with Crippen LogP contribution in [0.4, 0.5) is 10.5 Å². The Balaban J connectivity index is 1.85. The summed E-state index contributed by atoms with van der Waals surface area (Å²) in [5, 5.41) is 24.1. The highest BCUT2D eigenvalue weighted by molar-refractivity contribution is 5.94. The van der Waals surface area contributed by atoms with Crippen molar-refractivity contribution >= 4 is 29.8 Å². The minimum absolute atomic E-state index is 0.0393. The van der Waals surface area contributed by atoms with Crippen LogP contribution in [0.5, 0.6) is 0 Å². The normalized spacial score (nSPS) is 10.8. The quantitative estimate of drug-likeness (QED) is 0.179. The zero-order valence-electron chi connectivity index (χ0n) is 15.4. The van der Waals surface area contributed by atoms with Gasteiger partial charge in [0.25, 0.3) is 11.6 Å². The maximum absolute atomic E-state index is 12.0. The second-order valence-electron chi connectivity index (χ2n) is 5.82. The average Bonchev–Trinajstić information content (AvgIpc) is 2.74. The molecular weight excluding hydrogens is 376 g/mol. The van der Waals surface area contributed by atoms with Crippen LogP contribution in [0, 0.1) is 10.1 Å². The summed E-state index contributed by atoms with van der Waals surface area (Å²) in [4.78, 5) is 33.1. The summed E-state index contributed by atoms with van der Waals surface area (Å²) in [5.74, 6) is -0.280. The van der Waals surface area contributed by atoms with Gasteiger partial charge in [0.2, 0.25) is 0 Å². The number of hydrogen-bond donors (Lipinski definition) is 4. The molecule has 4 N–H and O–H groups in total. The molecule has 3 amide bonds. The number of allylic oxidation sites excluding steroid dienone is 2. The number of amides is 3. The fourth-order valence-electron chi connectivity index (χ4n) is 2.31. The Morgan fingerprint density at radius 3 is 2.28 bits per heavy atom. The molecule has 150 valence electrons. The summed E-state index contributed by atoms with van der Waals surface area (Å²) < 4.78 is 0. The van der Waals surface area contributed by atoms with E-state index >= 15 is 0 Å². The standard InChI is InChI=1S/C20H20N4O5/c25-19(21-12-13-22-20(26)23-27)17-10-8-15(9-11-17)4-1-2-5-16-6-3-7-18(14-16)24(28)29/h1-11,14,27H,12-13H2,(H,21,25)(H2,22,23,26)/b4-1+,5-2+. The van der Waals surface area contributed by atoms with Crippen LogP contribution >= 0.6 is 0 Å². The molecule has 0 radical (unpaired) electrons. The van der Waals surface area contributed by atoms with Gasteiger partial charge in [-0.2, -0.15) is 0 Å². The van der Waals surface area contributed by atoms with Crippen LogP contribution in [-0.4, -0.2) is 35.2 Å². The number of non-ortho nitro benzene ring substituents is 1. The lowest BCUT2D eigenvalue weighted by Gasteiger charge is -2.06. The first-order valence-electron chi connectivity index (χ1n) is 8.65. The molecular formula is C20H20N4O5. The predicted molar refractivity (Wildman–Crippen MR) is 108 cm³/mol. The van der Waals surface area contributed by atoms with Crippen LogP contribution in [-0.2, 0) is 0 Å². The second-order valence-corrected chi connectivity index (χ2v) is 5.82. The Bertz CT molecular complexity index is 923. The van der Waals surface area contributed by atoms with Gasteiger partial charge in [0.05, 0.1) is 4.92 Å². The van der Waals surface area contributed by atoms with Crippen molar-refractivity contribution in [2.75, 3.05) is 13.1 Å². The number of urea groups is 1. The van der Waals surface area contributed by atoms with E-state index in [9.17, 15) is 19.7 Å². The monoisotopic (exact) mass is 396 g/mol. The first kappa shape index (κ1) is 21.3. The van der Waals surface area contributed by atoms with Crippen LogP contribution in [0.15, 0.2) is 60.7 Å². The van der Waals surface area contributed by atoms with Crippen molar-refractivity contribution in [3.63, 3.8) is 0 Å². The fraction of sp³-hybridized carbons (Fsp3) is 0.100. The number of carbonyl (C=O) groups is 2. The van der Waals surface area contributed by atoms with E-state index in [0.29, 0.717) is 5.56 Å². The molecule has 9 nitrogen and oxygen atoms in total. The lowest BCUT2D eigenvalue weighted by atomic mass is 10.1. The first-order chi connectivity index (χ1) is 14.0. The zero-order chi connectivity index (χ0) is 21.1. The third-order valence-electron chi connectivity index (χ3n) is 3.74. The Morgan fingerprint density at radius 1 is 0.966 bits per heavy atom. The molecule has 0 aliphatic carbocycles. The number of carbonyl (C=O) groups excluding carboxylic acids is 2. The molecule has 0 heterocycles. The van der Waals surface area contributed by atoms with Gasteiger partial charge in [0.1, 0.15) is 0 Å². The Labute approximate surface area is 166 Å². The van der Waals surface area contributed by atoms with E-state index in [-0.39, 0.29) is 24.7 Å². The number of nitrogens with one attached hydrogen (secondary N) is 3. The number of benzene rings is 2. The first-order valence-corrected chi connectivity index (χ1v) is 8.65. The minimum Gasteiger partial charge on any atom is -0.350 e. The summed E-state index contributed by atoms with van der Waals surface area (Å²) in [5.41, 5.74) is 3.54. The number of hydroxylamine groups is 1. The van der Waals surface area contributed by atoms with E-state index < -0.39 is 11.0 Å². The molecule has 0 unspecified atom stereocenters. The third kappa shape index (κ3) is 7.27. The average molecular weight is 396 g/mol. The third-order valence-corrected chi connectivity index (χ3v) is 3.74. The van der Waals surface area contributed by atoms with Crippen molar-refractivity contribution < 1.29 is 19.7 Å². The van der Waals surface area contributed by atoms with Gasteiger partial charge in [0.15, 0.2) is 0 Å². The van der Waals surface area contributed by atoms with E-state index in [0.717, 1.165) is 11.1 Å². The topological polar surface area (TPSA) is 134 Å².